The van der Waals surface area contributed by atoms with Crippen molar-refractivity contribution in [1.29, 1.82) is 0 Å². The van der Waals surface area contributed by atoms with E-state index >= 15 is 0 Å². The lowest BCUT2D eigenvalue weighted by Gasteiger charge is -2.35. The van der Waals surface area contributed by atoms with Gasteiger partial charge in [-0.25, -0.2) is 0 Å². The summed E-state index contributed by atoms with van der Waals surface area (Å²) in [4.78, 5) is 44.3. The van der Waals surface area contributed by atoms with Gasteiger partial charge in [-0.3, -0.25) is 14.4 Å². The number of amides is 3. The van der Waals surface area contributed by atoms with Gasteiger partial charge in [0, 0.05) is 44.1 Å². The second kappa shape index (κ2) is 7.43. The van der Waals surface area contributed by atoms with E-state index in [4.69, 9.17) is 0 Å². The van der Waals surface area contributed by atoms with Crippen molar-refractivity contribution in [3.05, 3.63) is 48.7 Å². The van der Waals surface area contributed by atoms with Crippen molar-refractivity contribution in [2.24, 2.45) is 0 Å². The van der Waals surface area contributed by atoms with Crippen LogP contribution in [0.2, 0.25) is 0 Å². The van der Waals surface area contributed by atoms with Gasteiger partial charge in [0.05, 0.1) is 6.54 Å². The molecule has 1 aromatic heterocycles. The van der Waals surface area contributed by atoms with Gasteiger partial charge >= 0.3 is 0 Å². The second-order valence-corrected chi connectivity index (χ2v) is 6.34. The van der Waals surface area contributed by atoms with Crippen LogP contribution in [-0.2, 0) is 9.59 Å². The van der Waals surface area contributed by atoms with Crippen LogP contribution in [0.1, 0.15) is 10.5 Å². The number of aromatic nitrogens is 1. The zero-order valence-electron chi connectivity index (χ0n) is 14.8. The first-order valence-electron chi connectivity index (χ1n) is 8.52. The number of H-pyrrole nitrogens is 1. The highest BCUT2D eigenvalue weighted by Crippen LogP contribution is 2.17. The third-order valence-electron chi connectivity index (χ3n) is 4.60. The lowest BCUT2D eigenvalue weighted by Crippen LogP contribution is -2.52. The summed E-state index contributed by atoms with van der Waals surface area (Å²) in [5.74, 6) is -0.473. The normalized spacial score (nSPS) is 14.3. The standard InChI is InChI=1S/C19H22N4O3/c1-3-17(24)21(2)13-18(25)22-8-10-23(11-9-22)19(26)16-12-14-6-4-5-7-15(14)20-16/h3-7,12,20H,1,8-11,13H2,2H3. The third-order valence-corrected chi connectivity index (χ3v) is 4.60. The summed E-state index contributed by atoms with van der Waals surface area (Å²) in [6.45, 7) is 5.29. The molecule has 2 heterocycles. The van der Waals surface area contributed by atoms with Gasteiger partial charge in [0.15, 0.2) is 0 Å². The SMILES string of the molecule is C=CC(=O)N(C)CC(=O)N1CCN(C(=O)c2cc3ccccc3[nH]2)CC1. The molecule has 136 valence electrons. The van der Waals surface area contributed by atoms with E-state index in [1.54, 1.807) is 16.8 Å². The average Bonchev–Trinajstić information content (AvgIpc) is 3.11. The van der Waals surface area contributed by atoms with Crippen LogP contribution in [0.15, 0.2) is 43.0 Å². The number of piperazine rings is 1. The Morgan fingerprint density at radius 3 is 2.46 bits per heavy atom. The van der Waals surface area contributed by atoms with Gasteiger partial charge in [-0.2, -0.15) is 0 Å². The molecule has 26 heavy (non-hydrogen) atoms. The molecule has 0 bridgehead atoms. The molecule has 3 rings (SSSR count). The van der Waals surface area contributed by atoms with Crippen molar-refractivity contribution in [3.63, 3.8) is 0 Å². The molecule has 1 aromatic carbocycles. The van der Waals surface area contributed by atoms with Gasteiger partial charge in [-0.05, 0) is 18.2 Å². The number of aromatic amines is 1. The minimum absolute atomic E-state index is 0.0147. The molecule has 7 heteroatoms. The molecule has 1 aliphatic rings. The Kier molecular flexibility index (Phi) is 5.06. The minimum atomic E-state index is -0.286. The topological polar surface area (TPSA) is 76.7 Å². The van der Waals surface area contributed by atoms with Crippen molar-refractivity contribution < 1.29 is 14.4 Å². The number of likely N-dealkylation sites (N-methyl/N-ethyl adjacent to an activating group) is 1. The van der Waals surface area contributed by atoms with E-state index in [2.05, 4.69) is 11.6 Å². The van der Waals surface area contributed by atoms with Crippen molar-refractivity contribution in [1.82, 2.24) is 19.7 Å². The van der Waals surface area contributed by atoms with Gasteiger partial charge in [-0.1, -0.05) is 24.8 Å². The quantitative estimate of drug-likeness (QED) is 0.835. The van der Waals surface area contributed by atoms with Crippen LogP contribution < -0.4 is 0 Å². The van der Waals surface area contributed by atoms with E-state index in [1.165, 1.54) is 11.0 Å². The first-order valence-corrected chi connectivity index (χ1v) is 8.52. The molecule has 2 aromatic rings. The molecule has 7 nitrogen and oxygen atoms in total. The summed E-state index contributed by atoms with van der Waals surface area (Å²) in [5.41, 5.74) is 1.49. The van der Waals surface area contributed by atoms with Gasteiger partial charge < -0.3 is 19.7 Å². The largest absolute Gasteiger partial charge is 0.351 e. The van der Waals surface area contributed by atoms with E-state index in [0.717, 1.165) is 10.9 Å². The molecular weight excluding hydrogens is 332 g/mol. The van der Waals surface area contributed by atoms with E-state index in [9.17, 15) is 14.4 Å². The lowest BCUT2D eigenvalue weighted by molar-refractivity contribution is -0.138. The molecule has 0 saturated carbocycles. The number of carbonyl (C=O) groups excluding carboxylic acids is 3. The summed E-state index contributed by atoms with van der Waals surface area (Å²) in [6, 6.07) is 9.60. The fraction of sp³-hybridized carbons (Fsp3) is 0.316. The van der Waals surface area contributed by atoms with E-state index in [1.807, 2.05) is 30.3 Å². The molecule has 1 N–H and O–H groups in total. The number of carbonyl (C=O) groups is 3. The Hall–Kier alpha value is -3.09. The summed E-state index contributed by atoms with van der Waals surface area (Å²) >= 11 is 0. The number of hydrogen-bond acceptors (Lipinski definition) is 3. The minimum Gasteiger partial charge on any atom is -0.351 e. The molecule has 1 fully saturated rings. The number of benzene rings is 1. The number of nitrogens with zero attached hydrogens (tertiary/aromatic N) is 3. The molecule has 0 atom stereocenters. The summed E-state index contributed by atoms with van der Waals surface area (Å²) in [5, 5.41) is 1.000. The van der Waals surface area contributed by atoms with Gasteiger partial charge in [-0.15, -0.1) is 0 Å². The Morgan fingerprint density at radius 2 is 1.81 bits per heavy atom. The molecule has 3 amide bonds. The molecule has 0 radical (unpaired) electrons. The van der Waals surface area contributed by atoms with Crippen LogP contribution >= 0.6 is 0 Å². The summed E-state index contributed by atoms with van der Waals surface area (Å²) < 4.78 is 0. The van der Waals surface area contributed by atoms with Crippen molar-refractivity contribution in [3.8, 4) is 0 Å². The van der Waals surface area contributed by atoms with Crippen molar-refractivity contribution in [2.45, 2.75) is 0 Å². The third kappa shape index (κ3) is 3.61. The number of hydrogen-bond donors (Lipinski definition) is 1. The number of nitrogens with one attached hydrogen (secondary N) is 1. The zero-order valence-corrected chi connectivity index (χ0v) is 14.8. The van der Waals surface area contributed by atoms with Crippen LogP contribution in [0.25, 0.3) is 10.9 Å². The summed E-state index contributed by atoms with van der Waals surface area (Å²) in [7, 11) is 1.57. The second-order valence-electron chi connectivity index (χ2n) is 6.34. The Bertz CT molecular complexity index is 816. The van der Waals surface area contributed by atoms with E-state index in [-0.39, 0.29) is 24.3 Å². The van der Waals surface area contributed by atoms with Crippen LogP contribution in [-0.4, -0.2) is 77.2 Å². The fourth-order valence-electron chi connectivity index (χ4n) is 3.05. The average molecular weight is 354 g/mol. The predicted octanol–water partition coefficient (Wildman–Crippen LogP) is 1.10. The van der Waals surface area contributed by atoms with Gasteiger partial charge in [0.25, 0.3) is 5.91 Å². The zero-order chi connectivity index (χ0) is 18.7. The van der Waals surface area contributed by atoms with Crippen LogP contribution in [0.5, 0.6) is 0 Å². The van der Waals surface area contributed by atoms with Crippen LogP contribution in [0, 0.1) is 0 Å². The molecule has 1 aliphatic heterocycles. The molecular formula is C19H22N4O3. The first kappa shape index (κ1) is 17.7. The van der Waals surface area contributed by atoms with Crippen molar-refractivity contribution >= 4 is 28.6 Å². The highest BCUT2D eigenvalue weighted by atomic mass is 16.2. The highest BCUT2D eigenvalue weighted by Gasteiger charge is 2.26. The Balaban J connectivity index is 1.57. The Labute approximate surface area is 151 Å². The Morgan fingerprint density at radius 1 is 1.15 bits per heavy atom. The van der Waals surface area contributed by atoms with Gasteiger partial charge in [0.1, 0.15) is 5.69 Å². The molecule has 1 saturated heterocycles. The van der Waals surface area contributed by atoms with Gasteiger partial charge in [0.2, 0.25) is 11.8 Å². The first-order chi connectivity index (χ1) is 12.5. The number of rotatable bonds is 4. The monoisotopic (exact) mass is 354 g/mol. The number of para-hydroxylation sites is 1. The maximum Gasteiger partial charge on any atom is 0.270 e. The summed E-state index contributed by atoms with van der Waals surface area (Å²) in [6.07, 6.45) is 1.18. The predicted molar refractivity (Wildman–Crippen MR) is 98.6 cm³/mol. The lowest BCUT2D eigenvalue weighted by atomic mass is 10.2. The maximum absolute atomic E-state index is 12.7. The van der Waals surface area contributed by atoms with Crippen LogP contribution in [0.4, 0.5) is 0 Å². The maximum atomic E-state index is 12.7. The van der Waals surface area contributed by atoms with E-state index < -0.39 is 0 Å². The molecule has 0 aliphatic carbocycles. The highest BCUT2D eigenvalue weighted by molar-refractivity contribution is 5.98. The smallest absolute Gasteiger partial charge is 0.270 e. The fourth-order valence-corrected chi connectivity index (χ4v) is 3.05. The van der Waals surface area contributed by atoms with E-state index in [0.29, 0.717) is 31.9 Å². The number of fused-ring (bicyclic) bond motifs is 1. The van der Waals surface area contributed by atoms with Crippen LogP contribution in [0.3, 0.4) is 0 Å². The van der Waals surface area contributed by atoms with Crippen molar-refractivity contribution in [2.75, 3.05) is 39.8 Å². The molecule has 0 unspecified atom stereocenters. The molecule has 0 spiro atoms.